The lowest BCUT2D eigenvalue weighted by molar-refractivity contribution is 0.200. The Morgan fingerprint density at radius 1 is 1.70 bits per heavy atom. The van der Waals surface area contributed by atoms with Crippen molar-refractivity contribution in [2.75, 3.05) is 13.7 Å². The molecule has 10 heavy (non-hydrogen) atoms. The van der Waals surface area contributed by atoms with Crippen molar-refractivity contribution in [1.82, 2.24) is 9.97 Å². The van der Waals surface area contributed by atoms with Gasteiger partial charge in [0, 0.05) is 19.7 Å². The molecule has 0 N–H and O–H groups in total. The smallest absolute Gasteiger partial charge is 0.131 e. The lowest BCUT2D eigenvalue weighted by atomic mass is 10.4. The second-order valence-corrected chi connectivity index (χ2v) is 1.84. The Bertz CT molecular complexity index is 176. The van der Waals surface area contributed by atoms with Gasteiger partial charge in [0.25, 0.3) is 0 Å². The van der Waals surface area contributed by atoms with E-state index < -0.39 is 0 Å². The van der Waals surface area contributed by atoms with Crippen LogP contribution in [0.3, 0.4) is 0 Å². The van der Waals surface area contributed by atoms with Crippen LogP contribution >= 0.6 is 0 Å². The monoisotopic (exact) mass is 137 g/mol. The van der Waals surface area contributed by atoms with Crippen molar-refractivity contribution in [3.05, 3.63) is 24.3 Å². The molecule has 1 heterocycles. The van der Waals surface area contributed by atoms with E-state index in [4.69, 9.17) is 4.74 Å². The first-order chi connectivity index (χ1) is 4.93. The number of ether oxygens (including phenoxy) is 1. The summed E-state index contributed by atoms with van der Waals surface area (Å²) in [6.45, 7) is 0.665. The highest BCUT2D eigenvalue weighted by Gasteiger charge is 1.91. The second-order valence-electron chi connectivity index (χ2n) is 1.84. The molecule has 0 unspecified atom stereocenters. The van der Waals surface area contributed by atoms with Crippen molar-refractivity contribution in [3.8, 4) is 0 Å². The Hall–Kier alpha value is -0.960. The fraction of sp³-hybridized carbons (Fsp3) is 0.429. The van der Waals surface area contributed by atoms with Gasteiger partial charge in [0.2, 0.25) is 0 Å². The summed E-state index contributed by atoms with van der Waals surface area (Å²) >= 11 is 0. The minimum atomic E-state index is 0.665. The van der Waals surface area contributed by atoms with Crippen LogP contribution in [-0.2, 0) is 11.2 Å². The van der Waals surface area contributed by atoms with E-state index in [1.54, 1.807) is 19.4 Å². The molecule has 0 aliphatic carbocycles. The number of aromatic nitrogens is 2. The summed E-state index contributed by atoms with van der Waals surface area (Å²) in [7, 11) is 1.66. The molecule has 1 aromatic rings. The molecule has 3 heteroatoms. The van der Waals surface area contributed by atoms with Crippen molar-refractivity contribution >= 4 is 0 Å². The van der Waals surface area contributed by atoms with Gasteiger partial charge >= 0.3 is 0 Å². The number of hydrogen-bond donors (Lipinski definition) is 0. The maximum atomic E-state index is 4.85. The van der Waals surface area contributed by atoms with Gasteiger partial charge < -0.3 is 4.74 Å². The summed E-state index contributed by atoms with van der Waals surface area (Å²) in [6.07, 6.45) is 5.14. The molecular formula is C7H9N2O. The molecule has 1 radical (unpaired) electrons. The molecule has 0 saturated carbocycles. The van der Waals surface area contributed by atoms with Crippen LogP contribution in [0.5, 0.6) is 0 Å². The molecule has 0 aliphatic heterocycles. The molecule has 0 atom stereocenters. The van der Waals surface area contributed by atoms with Crippen molar-refractivity contribution in [2.45, 2.75) is 6.42 Å². The predicted octanol–water partition coefficient (Wildman–Crippen LogP) is 0.466. The maximum Gasteiger partial charge on any atom is 0.131 e. The Morgan fingerprint density at radius 3 is 3.20 bits per heavy atom. The van der Waals surface area contributed by atoms with Gasteiger partial charge in [-0.05, 0) is 6.07 Å². The van der Waals surface area contributed by atoms with E-state index in [1.165, 1.54) is 0 Å². The van der Waals surface area contributed by atoms with Crippen LogP contribution in [0.25, 0.3) is 0 Å². The van der Waals surface area contributed by atoms with Gasteiger partial charge in [0.15, 0.2) is 0 Å². The van der Waals surface area contributed by atoms with E-state index in [-0.39, 0.29) is 0 Å². The average molecular weight is 137 g/mol. The third-order valence-electron chi connectivity index (χ3n) is 1.10. The first-order valence-corrected chi connectivity index (χ1v) is 3.10. The molecule has 0 aliphatic rings. The number of nitrogens with zero attached hydrogens (tertiary/aromatic N) is 2. The van der Waals surface area contributed by atoms with E-state index in [0.29, 0.717) is 6.61 Å². The summed E-state index contributed by atoms with van der Waals surface area (Å²) in [5.41, 5.74) is 0. The molecular weight excluding hydrogens is 128 g/mol. The number of methoxy groups -OCH3 is 1. The fourth-order valence-corrected chi connectivity index (χ4v) is 0.611. The van der Waals surface area contributed by atoms with Crippen LogP contribution in [0, 0.1) is 6.20 Å². The molecule has 0 amide bonds. The standard InChI is InChI=1S/C7H9N2O/c1-10-6-3-7-8-4-2-5-9-7/h2,4H,3,6H2,1H3. The first-order valence-electron chi connectivity index (χ1n) is 3.10. The highest BCUT2D eigenvalue weighted by molar-refractivity contribution is 4.86. The molecule has 0 fully saturated rings. The van der Waals surface area contributed by atoms with Gasteiger partial charge in [-0.2, -0.15) is 0 Å². The van der Waals surface area contributed by atoms with E-state index in [2.05, 4.69) is 16.2 Å². The topological polar surface area (TPSA) is 35.0 Å². The average Bonchev–Trinajstić information content (AvgIpc) is 2.03. The van der Waals surface area contributed by atoms with Crippen LogP contribution in [0.15, 0.2) is 12.3 Å². The Kier molecular flexibility index (Phi) is 2.83. The minimum absolute atomic E-state index is 0.665. The third-order valence-corrected chi connectivity index (χ3v) is 1.10. The summed E-state index contributed by atoms with van der Waals surface area (Å²) in [6, 6.07) is 1.68. The Labute approximate surface area is 60.1 Å². The Morgan fingerprint density at radius 2 is 2.60 bits per heavy atom. The van der Waals surface area contributed by atoms with Crippen molar-refractivity contribution < 1.29 is 4.74 Å². The molecule has 53 valence electrons. The van der Waals surface area contributed by atoms with Gasteiger partial charge in [-0.25, -0.2) is 9.97 Å². The van der Waals surface area contributed by atoms with Gasteiger partial charge in [-0.15, -0.1) is 0 Å². The van der Waals surface area contributed by atoms with Gasteiger partial charge in [0.1, 0.15) is 5.82 Å². The summed E-state index contributed by atoms with van der Waals surface area (Å²) in [5.74, 6) is 0.782. The van der Waals surface area contributed by atoms with Crippen LogP contribution in [0.4, 0.5) is 0 Å². The maximum absolute atomic E-state index is 4.85. The predicted molar refractivity (Wildman–Crippen MR) is 36.4 cm³/mol. The van der Waals surface area contributed by atoms with Crippen molar-refractivity contribution in [3.63, 3.8) is 0 Å². The van der Waals surface area contributed by atoms with Crippen molar-refractivity contribution in [2.24, 2.45) is 0 Å². The van der Waals surface area contributed by atoms with Crippen LogP contribution in [0.1, 0.15) is 5.82 Å². The largest absolute Gasteiger partial charge is 0.384 e. The van der Waals surface area contributed by atoms with Gasteiger partial charge in [-0.1, -0.05) is 0 Å². The molecule has 0 aromatic carbocycles. The van der Waals surface area contributed by atoms with E-state index in [0.717, 1.165) is 12.2 Å². The molecule has 0 spiro atoms. The summed E-state index contributed by atoms with van der Waals surface area (Å²) in [4.78, 5) is 7.89. The molecule has 3 nitrogen and oxygen atoms in total. The number of hydrogen-bond acceptors (Lipinski definition) is 3. The van der Waals surface area contributed by atoms with Gasteiger partial charge in [0.05, 0.1) is 12.8 Å². The zero-order chi connectivity index (χ0) is 7.23. The van der Waals surface area contributed by atoms with E-state index in [1.807, 2.05) is 0 Å². The minimum Gasteiger partial charge on any atom is -0.384 e. The van der Waals surface area contributed by atoms with E-state index in [9.17, 15) is 0 Å². The van der Waals surface area contributed by atoms with Crippen LogP contribution in [0.2, 0.25) is 0 Å². The van der Waals surface area contributed by atoms with Crippen LogP contribution in [-0.4, -0.2) is 23.7 Å². The summed E-state index contributed by atoms with van der Waals surface area (Å²) in [5, 5.41) is 0. The SMILES string of the molecule is COCCc1n[c]ccn1. The van der Waals surface area contributed by atoms with Crippen LogP contribution < -0.4 is 0 Å². The zero-order valence-electron chi connectivity index (χ0n) is 5.87. The normalized spacial score (nSPS) is 9.70. The molecule has 0 bridgehead atoms. The number of rotatable bonds is 3. The van der Waals surface area contributed by atoms with Crippen molar-refractivity contribution in [1.29, 1.82) is 0 Å². The third kappa shape index (κ3) is 2.11. The second kappa shape index (κ2) is 3.95. The first kappa shape index (κ1) is 7.15. The Balaban J connectivity index is 2.43. The van der Waals surface area contributed by atoms with E-state index >= 15 is 0 Å². The lowest BCUT2D eigenvalue weighted by Crippen LogP contribution is -1.99. The molecule has 1 rings (SSSR count). The summed E-state index contributed by atoms with van der Waals surface area (Å²) < 4.78 is 4.85. The highest BCUT2D eigenvalue weighted by Crippen LogP contribution is 1.87. The molecule has 1 aromatic heterocycles. The van der Waals surface area contributed by atoms with Gasteiger partial charge in [-0.3, -0.25) is 0 Å². The fourth-order valence-electron chi connectivity index (χ4n) is 0.611. The highest BCUT2D eigenvalue weighted by atomic mass is 16.5. The lowest BCUT2D eigenvalue weighted by Gasteiger charge is -1.95. The molecule has 0 saturated heterocycles. The quantitative estimate of drug-likeness (QED) is 0.607. The zero-order valence-corrected chi connectivity index (χ0v) is 5.87.